The van der Waals surface area contributed by atoms with Gasteiger partial charge in [0.15, 0.2) is 0 Å². The van der Waals surface area contributed by atoms with E-state index in [-0.39, 0.29) is 16.3 Å². The molecule has 13 nitrogen and oxygen atoms in total. The minimum Gasteiger partial charge on any atom is -0.497 e. The maximum Gasteiger partial charge on any atom is 0.358 e. The van der Waals surface area contributed by atoms with Gasteiger partial charge in [-0.05, 0) is 66.7 Å². The van der Waals surface area contributed by atoms with Crippen molar-refractivity contribution < 1.29 is 44.5 Å². The monoisotopic (exact) mass is 613 g/mol. The Bertz CT molecular complexity index is 1380. The summed E-state index contributed by atoms with van der Waals surface area (Å²) in [5, 5.41) is 5.83. The molecule has 0 unspecified atom stereocenters. The lowest BCUT2D eigenvalue weighted by Gasteiger charge is -2.25. The zero-order chi connectivity index (χ0) is 29.3. The average molecular weight is 614 g/mol. The van der Waals surface area contributed by atoms with E-state index in [0.29, 0.717) is 36.1 Å². The zero-order valence-corrected chi connectivity index (χ0v) is 24.3. The van der Waals surface area contributed by atoms with Crippen LogP contribution >= 0.6 is 11.8 Å². The van der Waals surface area contributed by atoms with Crippen LogP contribution in [-0.2, 0) is 38.4 Å². The van der Waals surface area contributed by atoms with Crippen LogP contribution in [0.1, 0.15) is 32.6 Å². The molecular formula is C24H27N3O10S3. The van der Waals surface area contributed by atoms with Crippen LogP contribution < -0.4 is 9.47 Å². The van der Waals surface area contributed by atoms with Gasteiger partial charge in [0.25, 0.3) is 11.8 Å². The molecule has 3 rings (SSSR count). The molecule has 1 aliphatic rings. The Morgan fingerprint density at radius 3 is 1.50 bits per heavy atom. The normalized spacial score (nSPS) is 16.3. The summed E-state index contributed by atoms with van der Waals surface area (Å²) in [6.07, 6.45) is 2.93. The minimum atomic E-state index is -4.45. The predicted molar refractivity (Wildman–Crippen MR) is 146 cm³/mol. The highest BCUT2D eigenvalue weighted by molar-refractivity contribution is 8.29. The molecule has 1 fully saturated rings. The van der Waals surface area contributed by atoms with Gasteiger partial charge in [0.1, 0.15) is 21.3 Å². The zero-order valence-electron chi connectivity index (χ0n) is 21.8. The number of carbonyl (C=O) groups is 2. The Morgan fingerprint density at radius 1 is 0.700 bits per heavy atom. The molecule has 1 saturated heterocycles. The van der Waals surface area contributed by atoms with Gasteiger partial charge in [-0.3, -0.25) is 23.1 Å². The first kappa shape index (κ1) is 30.9. The van der Waals surface area contributed by atoms with E-state index in [1.807, 2.05) is 6.92 Å². The summed E-state index contributed by atoms with van der Waals surface area (Å²) >= 11 is 0.319. The first-order valence-corrected chi connectivity index (χ1v) is 15.5. The number of thioether (sulfide) groups is 1. The van der Waals surface area contributed by atoms with E-state index < -0.39 is 42.1 Å². The molecule has 16 heteroatoms. The Hall–Kier alpha value is -3.63. The maximum atomic E-state index is 13.0. The number of oxime groups is 2. The standard InChI is InChI=1S/C24H27N3O10S3/c1-4-5-6-7-16-27-23(28)21(25-36-39(30,31)19-12-8-17(34-2)9-13-19)38-22(24(27)29)26-37-40(32,33)20-14-10-18(35-3)11-15-20/h8-15H,4-7,16H2,1-3H3. The van der Waals surface area contributed by atoms with Crippen LogP contribution in [0.15, 0.2) is 68.6 Å². The fourth-order valence-corrected chi connectivity index (χ4v) is 5.53. The Morgan fingerprint density at radius 2 is 1.12 bits per heavy atom. The molecule has 0 N–H and O–H groups in total. The average Bonchev–Trinajstić information content (AvgIpc) is 2.95. The fraction of sp³-hybridized carbons (Fsp3) is 0.333. The van der Waals surface area contributed by atoms with Gasteiger partial charge in [0, 0.05) is 6.54 Å². The van der Waals surface area contributed by atoms with Gasteiger partial charge in [-0.25, -0.2) is 0 Å². The molecule has 1 heterocycles. The van der Waals surface area contributed by atoms with Crippen LogP contribution in [0.3, 0.4) is 0 Å². The lowest BCUT2D eigenvalue weighted by molar-refractivity contribution is -0.136. The van der Waals surface area contributed by atoms with E-state index in [0.717, 1.165) is 17.7 Å². The fourth-order valence-electron chi connectivity index (χ4n) is 3.25. The van der Waals surface area contributed by atoms with Crippen molar-refractivity contribution in [2.45, 2.75) is 42.4 Å². The first-order chi connectivity index (χ1) is 19.0. The topological polar surface area (TPSA) is 167 Å². The van der Waals surface area contributed by atoms with E-state index >= 15 is 0 Å². The van der Waals surface area contributed by atoms with Crippen molar-refractivity contribution in [1.82, 2.24) is 4.90 Å². The Kier molecular flexibility index (Phi) is 10.5. The lowest BCUT2D eigenvalue weighted by atomic mass is 10.2. The SMILES string of the molecule is CCCCCCN1C(=O)C(=NOS(=O)(=O)c2ccc(OC)cc2)SC(=NOS(=O)(=O)c2ccc(OC)cc2)C1=O. The van der Waals surface area contributed by atoms with Crippen molar-refractivity contribution in [2.75, 3.05) is 20.8 Å². The van der Waals surface area contributed by atoms with Crippen LogP contribution in [0.2, 0.25) is 0 Å². The van der Waals surface area contributed by atoms with Gasteiger partial charge in [-0.15, -0.1) is 0 Å². The highest BCUT2D eigenvalue weighted by atomic mass is 32.2. The van der Waals surface area contributed by atoms with Crippen molar-refractivity contribution in [1.29, 1.82) is 0 Å². The highest BCUT2D eigenvalue weighted by Crippen LogP contribution is 2.24. The largest absolute Gasteiger partial charge is 0.497 e. The first-order valence-electron chi connectivity index (χ1n) is 11.9. The van der Waals surface area contributed by atoms with Crippen molar-refractivity contribution in [3.05, 3.63) is 48.5 Å². The molecule has 40 heavy (non-hydrogen) atoms. The summed E-state index contributed by atoms with van der Waals surface area (Å²) in [7, 11) is -6.07. The van der Waals surface area contributed by atoms with E-state index in [1.165, 1.54) is 62.8 Å². The molecule has 0 aliphatic carbocycles. The van der Waals surface area contributed by atoms with Gasteiger partial charge in [-0.2, -0.15) is 16.8 Å². The van der Waals surface area contributed by atoms with Crippen LogP contribution in [-0.4, -0.2) is 64.4 Å². The van der Waals surface area contributed by atoms with Crippen molar-refractivity contribution in [2.24, 2.45) is 10.3 Å². The van der Waals surface area contributed by atoms with Gasteiger partial charge in [-0.1, -0.05) is 36.5 Å². The van der Waals surface area contributed by atoms with Crippen molar-refractivity contribution in [3.8, 4) is 11.5 Å². The molecular weight excluding hydrogens is 586 g/mol. The van der Waals surface area contributed by atoms with E-state index in [9.17, 15) is 26.4 Å². The number of ether oxygens (including phenoxy) is 2. The number of carbonyl (C=O) groups excluding carboxylic acids is 2. The third-order valence-electron chi connectivity index (χ3n) is 5.42. The molecule has 2 aromatic carbocycles. The lowest BCUT2D eigenvalue weighted by Crippen LogP contribution is -2.48. The third-order valence-corrected chi connectivity index (χ3v) is 8.54. The second-order valence-corrected chi connectivity index (χ2v) is 12.2. The molecule has 0 atom stereocenters. The quantitative estimate of drug-likeness (QED) is 0.185. The highest BCUT2D eigenvalue weighted by Gasteiger charge is 2.39. The maximum absolute atomic E-state index is 13.0. The second-order valence-electron chi connectivity index (χ2n) is 8.13. The summed E-state index contributed by atoms with van der Waals surface area (Å²) in [5.74, 6) is -1.03. The number of imide groups is 1. The molecule has 2 amide bonds. The van der Waals surface area contributed by atoms with Gasteiger partial charge in [0.2, 0.25) is 10.1 Å². The van der Waals surface area contributed by atoms with E-state index in [4.69, 9.17) is 18.0 Å². The van der Waals surface area contributed by atoms with Crippen LogP contribution in [0.25, 0.3) is 0 Å². The van der Waals surface area contributed by atoms with Crippen LogP contribution in [0.4, 0.5) is 0 Å². The molecule has 0 saturated carbocycles. The number of hydrogen-bond donors (Lipinski definition) is 0. The molecule has 216 valence electrons. The van der Waals surface area contributed by atoms with Crippen LogP contribution in [0, 0.1) is 0 Å². The predicted octanol–water partition coefficient (Wildman–Crippen LogP) is 3.12. The molecule has 2 aromatic rings. The number of nitrogens with zero attached hydrogens (tertiary/aromatic N) is 3. The smallest absolute Gasteiger partial charge is 0.358 e. The molecule has 0 bridgehead atoms. The molecule has 0 aromatic heterocycles. The molecule has 1 aliphatic heterocycles. The van der Waals surface area contributed by atoms with Gasteiger partial charge < -0.3 is 9.47 Å². The Balaban J connectivity index is 1.88. The van der Waals surface area contributed by atoms with Gasteiger partial charge in [0.05, 0.1) is 14.2 Å². The number of amides is 2. The third kappa shape index (κ3) is 7.73. The minimum absolute atomic E-state index is 0.0350. The van der Waals surface area contributed by atoms with Crippen LogP contribution in [0.5, 0.6) is 11.5 Å². The summed E-state index contributed by atoms with van der Waals surface area (Å²) in [5.41, 5.74) is 0. The Labute approximate surface area is 236 Å². The van der Waals surface area contributed by atoms with E-state index in [2.05, 4.69) is 10.3 Å². The number of hydrogen-bond acceptors (Lipinski definition) is 13. The van der Waals surface area contributed by atoms with E-state index in [1.54, 1.807) is 0 Å². The summed E-state index contributed by atoms with van der Waals surface area (Å²) in [6, 6.07) is 10.5. The molecule has 0 spiro atoms. The summed E-state index contributed by atoms with van der Waals surface area (Å²) in [6.45, 7) is 1.96. The number of benzene rings is 2. The van der Waals surface area contributed by atoms with Crippen molar-refractivity contribution >= 4 is 53.9 Å². The summed E-state index contributed by atoms with van der Waals surface area (Å²) < 4.78 is 69.8. The molecule has 0 radical (unpaired) electrons. The summed E-state index contributed by atoms with van der Waals surface area (Å²) in [4.78, 5) is 26.3. The number of rotatable bonds is 13. The number of unbranched alkanes of at least 4 members (excludes halogenated alkanes) is 3. The van der Waals surface area contributed by atoms with Crippen molar-refractivity contribution in [3.63, 3.8) is 0 Å². The second kappa shape index (κ2) is 13.6. The van der Waals surface area contributed by atoms with Gasteiger partial charge >= 0.3 is 20.2 Å². The number of methoxy groups -OCH3 is 2.